The second kappa shape index (κ2) is 8.63. The van der Waals surface area contributed by atoms with Crippen molar-refractivity contribution in [1.82, 2.24) is 20.1 Å². The molecule has 0 bridgehead atoms. The second-order valence-electron chi connectivity index (χ2n) is 7.95. The number of nitrogens with one attached hydrogen (secondary N) is 1. The summed E-state index contributed by atoms with van der Waals surface area (Å²) in [7, 11) is 1.62. The number of carbonyl (C=O) groups excluding carboxylic acids is 1. The summed E-state index contributed by atoms with van der Waals surface area (Å²) in [6.07, 6.45) is 1.78. The molecule has 2 aromatic heterocycles. The van der Waals surface area contributed by atoms with Gasteiger partial charge in [-0.15, -0.1) is 0 Å². The van der Waals surface area contributed by atoms with Crippen LogP contribution in [0.3, 0.4) is 0 Å². The number of para-hydroxylation sites is 1. The van der Waals surface area contributed by atoms with E-state index in [2.05, 4.69) is 15.3 Å². The number of carbonyl (C=O) groups is 1. The van der Waals surface area contributed by atoms with E-state index in [-0.39, 0.29) is 11.9 Å². The molecule has 0 atom stereocenters. The van der Waals surface area contributed by atoms with Crippen molar-refractivity contribution in [1.29, 1.82) is 0 Å². The molecule has 1 fully saturated rings. The number of fused-ring (bicyclic) bond motifs is 1. The maximum Gasteiger partial charge on any atom is 0.251 e. The summed E-state index contributed by atoms with van der Waals surface area (Å²) >= 11 is 1.69. The molecule has 164 valence electrons. The van der Waals surface area contributed by atoms with Gasteiger partial charge < -0.3 is 15.0 Å². The minimum atomic E-state index is -0.0373. The lowest BCUT2D eigenvalue weighted by Crippen LogP contribution is -2.44. The zero-order valence-corrected chi connectivity index (χ0v) is 18.9. The molecule has 32 heavy (non-hydrogen) atoms. The van der Waals surface area contributed by atoms with Gasteiger partial charge in [0.2, 0.25) is 0 Å². The van der Waals surface area contributed by atoms with Crippen LogP contribution >= 0.6 is 11.3 Å². The van der Waals surface area contributed by atoms with Gasteiger partial charge in [-0.25, -0.2) is 4.68 Å². The number of hydrogen-bond acceptors (Lipinski definition) is 6. The zero-order valence-electron chi connectivity index (χ0n) is 18.1. The quantitative estimate of drug-likeness (QED) is 0.497. The summed E-state index contributed by atoms with van der Waals surface area (Å²) in [6, 6.07) is 17.5. The fourth-order valence-corrected chi connectivity index (χ4v) is 5.07. The number of aromatic nitrogens is 3. The topological polar surface area (TPSA) is 72.3 Å². The molecule has 1 amide bonds. The van der Waals surface area contributed by atoms with Crippen molar-refractivity contribution < 1.29 is 9.53 Å². The number of nitrogens with zero attached hydrogens (tertiary/aromatic N) is 4. The van der Waals surface area contributed by atoms with E-state index in [4.69, 9.17) is 9.72 Å². The van der Waals surface area contributed by atoms with Crippen molar-refractivity contribution in [2.24, 2.45) is 0 Å². The van der Waals surface area contributed by atoms with Crippen LogP contribution in [0.1, 0.15) is 28.9 Å². The van der Waals surface area contributed by atoms with Crippen LogP contribution in [0.2, 0.25) is 0 Å². The zero-order chi connectivity index (χ0) is 22.1. The van der Waals surface area contributed by atoms with Gasteiger partial charge in [-0.2, -0.15) is 10.1 Å². The van der Waals surface area contributed by atoms with Crippen LogP contribution in [0.15, 0.2) is 54.6 Å². The molecule has 5 rings (SSSR count). The molecule has 1 aliphatic rings. The largest absolute Gasteiger partial charge is 0.497 e. The average molecular weight is 448 g/mol. The van der Waals surface area contributed by atoms with Gasteiger partial charge in [0.25, 0.3) is 5.91 Å². The molecule has 0 spiro atoms. The molecule has 2 aromatic carbocycles. The second-order valence-corrected chi connectivity index (χ2v) is 8.92. The molecular formula is C24H25N5O2S. The third kappa shape index (κ3) is 3.93. The number of piperidine rings is 1. The first-order valence-electron chi connectivity index (χ1n) is 10.7. The SMILES string of the molecule is COc1ccc(C(=O)NC2CCN(c3nc4c(s3)c(C)nn4-c3ccccc3)CC2)cc1. The predicted octanol–water partition coefficient (Wildman–Crippen LogP) is 4.20. The molecule has 8 heteroatoms. The molecular weight excluding hydrogens is 422 g/mol. The van der Waals surface area contributed by atoms with E-state index in [0.717, 1.165) is 58.5 Å². The van der Waals surface area contributed by atoms with Crippen LogP contribution in [-0.2, 0) is 0 Å². The number of methoxy groups -OCH3 is 1. The predicted molar refractivity (Wildman–Crippen MR) is 127 cm³/mol. The van der Waals surface area contributed by atoms with Crippen molar-refractivity contribution >= 4 is 32.7 Å². The number of hydrogen-bond donors (Lipinski definition) is 1. The Morgan fingerprint density at radius 1 is 1.09 bits per heavy atom. The molecule has 7 nitrogen and oxygen atoms in total. The van der Waals surface area contributed by atoms with Gasteiger partial charge in [0.05, 0.1) is 23.2 Å². The van der Waals surface area contributed by atoms with E-state index in [1.54, 1.807) is 30.6 Å². The van der Waals surface area contributed by atoms with Crippen LogP contribution < -0.4 is 15.0 Å². The van der Waals surface area contributed by atoms with Crippen LogP contribution in [0.4, 0.5) is 5.13 Å². The third-order valence-corrected chi connectivity index (χ3v) is 7.05. The summed E-state index contributed by atoms with van der Waals surface area (Å²) in [6.45, 7) is 3.76. The third-order valence-electron chi connectivity index (χ3n) is 5.83. The van der Waals surface area contributed by atoms with Crippen molar-refractivity contribution in [2.75, 3.05) is 25.1 Å². The maximum atomic E-state index is 12.6. The molecule has 1 N–H and O–H groups in total. The highest BCUT2D eigenvalue weighted by Crippen LogP contribution is 2.33. The lowest BCUT2D eigenvalue weighted by molar-refractivity contribution is 0.0931. The first-order chi connectivity index (χ1) is 15.6. The van der Waals surface area contributed by atoms with Crippen molar-refractivity contribution in [2.45, 2.75) is 25.8 Å². The Hall–Kier alpha value is -3.39. The molecule has 0 unspecified atom stereocenters. The van der Waals surface area contributed by atoms with E-state index >= 15 is 0 Å². The van der Waals surface area contributed by atoms with Gasteiger partial charge in [-0.05, 0) is 56.2 Å². The Balaban J connectivity index is 1.25. The molecule has 0 saturated carbocycles. The van der Waals surface area contributed by atoms with E-state index in [0.29, 0.717) is 5.56 Å². The van der Waals surface area contributed by atoms with Gasteiger partial charge in [0.1, 0.15) is 5.75 Å². The number of aryl methyl sites for hydroxylation is 1. The molecule has 4 aromatic rings. The van der Waals surface area contributed by atoms with E-state index in [1.165, 1.54) is 0 Å². The number of rotatable bonds is 5. The minimum Gasteiger partial charge on any atom is -0.497 e. The first-order valence-corrected chi connectivity index (χ1v) is 11.6. The Labute approximate surface area is 190 Å². The van der Waals surface area contributed by atoms with Gasteiger partial charge in [-0.3, -0.25) is 4.79 Å². The minimum absolute atomic E-state index is 0.0373. The van der Waals surface area contributed by atoms with Crippen molar-refractivity contribution in [3.8, 4) is 11.4 Å². The molecule has 1 saturated heterocycles. The van der Waals surface area contributed by atoms with Gasteiger partial charge in [0.15, 0.2) is 10.8 Å². The molecule has 3 heterocycles. The Morgan fingerprint density at radius 3 is 2.50 bits per heavy atom. The standard InChI is InChI=1S/C24H25N5O2S/c1-16-21-22(29(27-16)19-6-4-3-5-7-19)26-24(32-21)28-14-12-18(13-15-28)25-23(30)17-8-10-20(31-2)11-9-17/h3-11,18H,12-15H2,1-2H3,(H,25,30). The fraction of sp³-hybridized carbons (Fsp3) is 0.292. The normalized spacial score (nSPS) is 14.6. The van der Waals surface area contributed by atoms with Crippen LogP contribution in [0.5, 0.6) is 5.75 Å². The first kappa shape index (κ1) is 20.5. The summed E-state index contributed by atoms with van der Waals surface area (Å²) in [5.74, 6) is 0.709. The smallest absolute Gasteiger partial charge is 0.251 e. The molecule has 0 radical (unpaired) electrons. The number of anilines is 1. The fourth-order valence-electron chi connectivity index (χ4n) is 4.03. The number of thiazole rings is 1. The maximum absolute atomic E-state index is 12.6. The lowest BCUT2D eigenvalue weighted by atomic mass is 10.0. The summed E-state index contributed by atoms with van der Waals surface area (Å²) in [5.41, 5.74) is 3.57. The summed E-state index contributed by atoms with van der Waals surface area (Å²) in [5, 5.41) is 8.87. The monoisotopic (exact) mass is 447 g/mol. The van der Waals surface area contributed by atoms with Gasteiger partial charge >= 0.3 is 0 Å². The highest BCUT2D eigenvalue weighted by Gasteiger charge is 2.25. The summed E-state index contributed by atoms with van der Waals surface area (Å²) < 4.78 is 8.21. The van der Waals surface area contributed by atoms with E-state index in [9.17, 15) is 4.79 Å². The lowest BCUT2D eigenvalue weighted by Gasteiger charge is -2.32. The van der Waals surface area contributed by atoms with Crippen molar-refractivity contribution in [3.63, 3.8) is 0 Å². The van der Waals surface area contributed by atoms with E-state index in [1.807, 2.05) is 54.1 Å². The summed E-state index contributed by atoms with van der Waals surface area (Å²) in [4.78, 5) is 19.8. The van der Waals surface area contributed by atoms with E-state index < -0.39 is 0 Å². The molecule has 1 aliphatic heterocycles. The number of ether oxygens (including phenoxy) is 1. The average Bonchev–Trinajstić information content (AvgIpc) is 3.41. The van der Waals surface area contributed by atoms with Gasteiger partial charge in [-0.1, -0.05) is 29.5 Å². The Bertz CT molecular complexity index is 1220. The Kier molecular flexibility index (Phi) is 5.53. The number of benzene rings is 2. The Morgan fingerprint density at radius 2 is 1.81 bits per heavy atom. The van der Waals surface area contributed by atoms with Crippen LogP contribution in [0.25, 0.3) is 16.0 Å². The number of amides is 1. The van der Waals surface area contributed by atoms with Crippen molar-refractivity contribution in [3.05, 3.63) is 65.9 Å². The highest BCUT2D eigenvalue weighted by molar-refractivity contribution is 7.22. The van der Waals surface area contributed by atoms with Gasteiger partial charge in [0, 0.05) is 24.7 Å². The highest BCUT2D eigenvalue weighted by atomic mass is 32.1. The molecule has 0 aliphatic carbocycles. The van der Waals surface area contributed by atoms with Crippen LogP contribution in [-0.4, -0.2) is 46.9 Å². The van der Waals surface area contributed by atoms with Crippen LogP contribution in [0, 0.1) is 6.92 Å².